The van der Waals surface area contributed by atoms with Gasteiger partial charge in [0.05, 0.1) is 18.4 Å². The normalized spacial score (nSPS) is 19.2. The van der Waals surface area contributed by atoms with Gasteiger partial charge in [-0.1, -0.05) is 0 Å². The SMILES string of the molecule is CC(NC(=O)C1(C#N)CCC1)c1ccco1. The number of nitriles is 1. The van der Waals surface area contributed by atoms with Gasteiger partial charge in [-0.25, -0.2) is 0 Å². The molecule has 0 spiro atoms. The Bertz CT molecular complexity index is 413. The van der Waals surface area contributed by atoms with Gasteiger partial charge < -0.3 is 9.73 Å². The molecule has 1 aliphatic carbocycles. The Morgan fingerprint density at radius 2 is 2.44 bits per heavy atom. The molecule has 84 valence electrons. The van der Waals surface area contributed by atoms with Gasteiger partial charge in [0.15, 0.2) is 0 Å². The van der Waals surface area contributed by atoms with Crippen LogP contribution in [-0.4, -0.2) is 5.91 Å². The van der Waals surface area contributed by atoms with E-state index >= 15 is 0 Å². The third kappa shape index (κ3) is 1.69. The molecule has 1 saturated carbocycles. The number of nitrogens with one attached hydrogen (secondary N) is 1. The zero-order valence-electron chi connectivity index (χ0n) is 9.19. The van der Waals surface area contributed by atoms with E-state index in [-0.39, 0.29) is 11.9 Å². The van der Waals surface area contributed by atoms with Crippen LogP contribution >= 0.6 is 0 Å². The molecule has 1 aromatic rings. The molecule has 1 heterocycles. The predicted molar refractivity (Wildman–Crippen MR) is 57.2 cm³/mol. The summed E-state index contributed by atoms with van der Waals surface area (Å²) in [7, 11) is 0. The fraction of sp³-hybridized carbons (Fsp3) is 0.500. The van der Waals surface area contributed by atoms with Gasteiger partial charge in [-0.15, -0.1) is 0 Å². The Kier molecular flexibility index (Phi) is 2.69. The summed E-state index contributed by atoms with van der Waals surface area (Å²) in [6, 6.07) is 5.53. The van der Waals surface area contributed by atoms with Gasteiger partial charge in [0.1, 0.15) is 11.2 Å². The van der Waals surface area contributed by atoms with E-state index in [1.54, 1.807) is 12.3 Å². The molecule has 2 rings (SSSR count). The molecule has 0 bridgehead atoms. The first-order valence-electron chi connectivity index (χ1n) is 5.43. The van der Waals surface area contributed by atoms with E-state index in [1.807, 2.05) is 13.0 Å². The Hall–Kier alpha value is -1.76. The average molecular weight is 218 g/mol. The Labute approximate surface area is 94.2 Å². The number of carbonyl (C=O) groups is 1. The third-order valence-corrected chi connectivity index (χ3v) is 3.17. The van der Waals surface area contributed by atoms with Crippen molar-refractivity contribution >= 4 is 5.91 Å². The monoisotopic (exact) mass is 218 g/mol. The average Bonchev–Trinajstić information content (AvgIpc) is 2.69. The predicted octanol–water partition coefficient (Wildman–Crippen LogP) is 2.15. The van der Waals surface area contributed by atoms with E-state index in [4.69, 9.17) is 9.68 Å². The Morgan fingerprint density at radius 3 is 2.88 bits per heavy atom. The van der Waals surface area contributed by atoms with Crippen molar-refractivity contribution in [3.8, 4) is 6.07 Å². The maximum absolute atomic E-state index is 11.9. The largest absolute Gasteiger partial charge is 0.467 e. The lowest BCUT2D eigenvalue weighted by molar-refractivity contribution is -0.132. The van der Waals surface area contributed by atoms with Gasteiger partial charge in [0.25, 0.3) is 0 Å². The van der Waals surface area contributed by atoms with Crippen LogP contribution in [-0.2, 0) is 4.79 Å². The minimum Gasteiger partial charge on any atom is -0.467 e. The summed E-state index contributed by atoms with van der Waals surface area (Å²) in [6.07, 6.45) is 3.86. The van der Waals surface area contributed by atoms with Gasteiger partial charge in [-0.2, -0.15) is 5.26 Å². The van der Waals surface area contributed by atoms with Gasteiger partial charge in [0, 0.05) is 0 Å². The summed E-state index contributed by atoms with van der Waals surface area (Å²) in [4.78, 5) is 11.9. The highest BCUT2D eigenvalue weighted by molar-refractivity contribution is 5.86. The Morgan fingerprint density at radius 1 is 1.69 bits per heavy atom. The van der Waals surface area contributed by atoms with Crippen LogP contribution in [0.25, 0.3) is 0 Å². The number of hydrogen-bond acceptors (Lipinski definition) is 3. The van der Waals surface area contributed by atoms with E-state index < -0.39 is 5.41 Å². The Balaban J connectivity index is 2.00. The summed E-state index contributed by atoms with van der Waals surface area (Å²) in [5, 5.41) is 11.8. The molecule has 1 amide bonds. The second kappa shape index (κ2) is 4.01. The molecule has 1 aliphatic rings. The van der Waals surface area contributed by atoms with Gasteiger partial charge in [0.2, 0.25) is 5.91 Å². The maximum atomic E-state index is 11.9. The maximum Gasteiger partial charge on any atom is 0.241 e. The molecular formula is C12H14N2O2. The zero-order valence-corrected chi connectivity index (χ0v) is 9.19. The molecule has 1 atom stereocenters. The van der Waals surface area contributed by atoms with Crippen LogP contribution in [0.2, 0.25) is 0 Å². The van der Waals surface area contributed by atoms with Crippen LogP contribution in [0.5, 0.6) is 0 Å². The first-order chi connectivity index (χ1) is 7.68. The molecule has 4 heteroatoms. The van der Waals surface area contributed by atoms with E-state index in [0.29, 0.717) is 18.6 Å². The van der Waals surface area contributed by atoms with Gasteiger partial charge in [-0.05, 0) is 38.3 Å². The molecule has 1 N–H and O–H groups in total. The molecule has 0 saturated heterocycles. The number of rotatable bonds is 3. The number of hydrogen-bond donors (Lipinski definition) is 1. The van der Waals surface area contributed by atoms with Gasteiger partial charge >= 0.3 is 0 Å². The number of furan rings is 1. The minimum absolute atomic E-state index is 0.176. The zero-order chi connectivity index (χ0) is 11.6. The second-order valence-electron chi connectivity index (χ2n) is 4.26. The smallest absolute Gasteiger partial charge is 0.241 e. The van der Waals surface area contributed by atoms with Crippen LogP contribution < -0.4 is 5.32 Å². The van der Waals surface area contributed by atoms with Crippen LogP contribution in [0.1, 0.15) is 38.0 Å². The highest BCUT2D eigenvalue weighted by Crippen LogP contribution is 2.40. The molecule has 0 radical (unpaired) electrons. The number of carbonyl (C=O) groups excluding carboxylic acids is 1. The summed E-state index contributed by atoms with van der Waals surface area (Å²) in [6.45, 7) is 1.85. The lowest BCUT2D eigenvalue weighted by Crippen LogP contribution is -2.45. The highest BCUT2D eigenvalue weighted by atomic mass is 16.3. The summed E-state index contributed by atoms with van der Waals surface area (Å²) in [5.41, 5.74) is -0.791. The standard InChI is InChI=1S/C12H14N2O2/c1-9(10-4-2-7-16-10)14-11(15)12(8-13)5-3-6-12/h2,4,7,9H,3,5-6H2,1H3,(H,14,15). The highest BCUT2D eigenvalue weighted by Gasteiger charge is 2.45. The van der Waals surface area contributed by atoms with Crippen molar-refractivity contribution in [2.45, 2.75) is 32.2 Å². The molecule has 1 aromatic heterocycles. The van der Waals surface area contributed by atoms with Gasteiger partial charge in [-0.3, -0.25) is 4.79 Å². The van der Waals surface area contributed by atoms with Crippen molar-refractivity contribution in [2.24, 2.45) is 5.41 Å². The quantitative estimate of drug-likeness (QED) is 0.845. The van der Waals surface area contributed by atoms with E-state index in [0.717, 1.165) is 6.42 Å². The minimum atomic E-state index is -0.791. The van der Waals surface area contributed by atoms with Crippen molar-refractivity contribution in [2.75, 3.05) is 0 Å². The van der Waals surface area contributed by atoms with E-state index in [9.17, 15) is 4.79 Å². The van der Waals surface area contributed by atoms with E-state index in [1.165, 1.54) is 0 Å². The van der Waals surface area contributed by atoms with Crippen LogP contribution in [0, 0.1) is 16.7 Å². The number of amides is 1. The van der Waals surface area contributed by atoms with Crippen LogP contribution in [0.3, 0.4) is 0 Å². The van der Waals surface area contributed by atoms with Crippen molar-refractivity contribution < 1.29 is 9.21 Å². The molecule has 0 aliphatic heterocycles. The van der Waals surface area contributed by atoms with Crippen molar-refractivity contribution in [1.29, 1.82) is 5.26 Å². The van der Waals surface area contributed by atoms with Crippen molar-refractivity contribution in [3.05, 3.63) is 24.2 Å². The summed E-state index contributed by atoms with van der Waals surface area (Å²) < 4.78 is 5.20. The molecule has 16 heavy (non-hydrogen) atoms. The van der Waals surface area contributed by atoms with E-state index in [2.05, 4.69) is 11.4 Å². The second-order valence-corrected chi connectivity index (χ2v) is 4.26. The fourth-order valence-corrected chi connectivity index (χ4v) is 1.86. The van der Waals surface area contributed by atoms with Crippen molar-refractivity contribution in [3.63, 3.8) is 0 Å². The molecule has 1 unspecified atom stereocenters. The van der Waals surface area contributed by atoms with Crippen LogP contribution in [0.15, 0.2) is 22.8 Å². The summed E-state index contributed by atoms with van der Waals surface area (Å²) in [5.74, 6) is 0.533. The van der Waals surface area contributed by atoms with Crippen molar-refractivity contribution in [1.82, 2.24) is 5.32 Å². The molecule has 1 fully saturated rings. The lowest BCUT2D eigenvalue weighted by Gasteiger charge is -2.34. The third-order valence-electron chi connectivity index (χ3n) is 3.17. The first kappa shape index (κ1) is 10.7. The van der Waals surface area contributed by atoms with Crippen LogP contribution in [0.4, 0.5) is 0 Å². The molecular weight excluding hydrogens is 204 g/mol. The lowest BCUT2D eigenvalue weighted by atomic mass is 9.69. The number of nitrogens with zero attached hydrogens (tertiary/aromatic N) is 1. The summed E-state index contributed by atoms with van der Waals surface area (Å²) >= 11 is 0. The first-order valence-corrected chi connectivity index (χ1v) is 5.43. The topological polar surface area (TPSA) is 66.0 Å². The molecule has 0 aromatic carbocycles. The molecule has 4 nitrogen and oxygen atoms in total. The fourth-order valence-electron chi connectivity index (χ4n) is 1.86.